The molecule has 0 aliphatic carbocycles. The van der Waals surface area contributed by atoms with Crippen molar-refractivity contribution in [2.45, 2.75) is 45.1 Å². The van der Waals surface area contributed by atoms with Crippen LogP contribution in [0.25, 0.3) is 0 Å². The Hall–Kier alpha value is -1.13. The summed E-state index contributed by atoms with van der Waals surface area (Å²) >= 11 is 0. The molecular formula is C18H29FN2O. The molecule has 2 N–H and O–H groups in total. The van der Waals surface area contributed by atoms with Gasteiger partial charge in [0.15, 0.2) is 0 Å². The molecule has 0 spiro atoms. The molecule has 1 aromatic rings. The van der Waals surface area contributed by atoms with E-state index in [-0.39, 0.29) is 11.7 Å². The molecule has 0 amide bonds. The zero-order valence-electron chi connectivity index (χ0n) is 14.0. The van der Waals surface area contributed by atoms with Crippen molar-refractivity contribution in [3.63, 3.8) is 0 Å². The van der Waals surface area contributed by atoms with Gasteiger partial charge < -0.3 is 10.5 Å². The van der Waals surface area contributed by atoms with Gasteiger partial charge in [0, 0.05) is 30.6 Å². The van der Waals surface area contributed by atoms with E-state index in [1.54, 1.807) is 19.2 Å². The van der Waals surface area contributed by atoms with Crippen LogP contribution in [0, 0.1) is 11.7 Å². The molecule has 1 aliphatic rings. The van der Waals surface area contributed by atoms with Crippen molar-refractivity contribution in [1.82, 2.24) is 4.90 Å². The number of halogens is 1. The molecule has 0 radical (unpaired) electrons. The third-order valence-electron chi connectivity index (χ3n) is 4.57. The van der Waals surface area contributed by atoms with E-state index in [1.165, 1.54) is 18.9 Å². The number of hydrogen-bond acceptors (Lipinski definition) is 3. The first-order valence-electron chi connectivity index (χ1n) is 8.34. The lowest BCUT2D eigenvalue weighted by Gasteiger charge is -2.41. The number of benzene rings is 1. The van der Waals surface area contributed by atoms with E-state index < -0.39 is 0 Å². The number of hydrogen-bond donors (Lipinski definition) is 1. The van der Waals surface area contributed by atoms with Crippen LogP contribution in [-0.4, -0.2) is 37.7 Å². The highest BCUT2D eigenvalue weighted by Crippen LogP contribution is 2.35. The molecule has 1 fully saturated rings. The zero-order chi connectivity index (χ0) is 16.1. The van der Waals surface area contributed by atoms with Crippen LogP contribution >= 0.6 is 0 Å². The SMILES string of the molecule is COc1ccc(F)cc1C(CN)C1CCCCN1CC(C)C. The minimum atomic E-state index is -0.222. The van der Waals surface area contributed by atoms with Gasteiger partial charge in [0.25, 0.3) is 0 Å². The zero-order valence-corrected chi connectivity index (χ0v) is 14.0. The molecule has 2 atom stereocenters. The van der Waals surface area contributed by atoms with E-state index >= 15 is 0 Å². The summed E-state index contributed by atoms with van der Waals surface area (Å²) in [6.45, 7) is 7.17. The van der Waals surface area contributed by atoms with Crippen LogP contribution in [0.4, 0.5) is 4.39 Å². The van der Waals surface area contributed by atoms with Crippen LogP contribution in [-0.2, 0) is 0 Å². The number of nitrogens with zero attached hydrogens (tertiary/aromatic N) is 1. The summed E-state index contributed by atoms with van der Waals surface area (Å²) in [5.74, 6) is 1.26. The van der Waals surface area contributed by atoms with E-state index in [0.29, 0.717) is 18.5 Å². The molecule has 1 aliphatic heterocycles. The third kappa shape index (κ3) is 3.99. The minimum Gasteiger partial charge on any atom is -0.496 e. The molecule has 1 heterocycles. The molecule has 2 unspecified atom stereocenters. The molecule has 2 rings (SSSR count). The van der Waals surface area contributed by atoms with Crippen LogP contribution in [0.15, 0.2) is 18.2 Å². The maximum Gasteiger partial charge on any atom is 0.123 e. The molecule has 1 aromatic carbocycles. The third-order valence-corrected chi connectivity index (χ3v) is 4.57. The first-order valence-corrected chi connectivity index (χ1v) is 8.34. The predicted molar refractivity (Wildman–Crippen MR) is 88.8 cm³/mol. The van der Waals surface area contributed by atoms with Gasteiger partial charge in [-0.3, -0.25) is 4.90 Å². The smallest absolute Gasteiger partial charge is 0.123 e. The normalized spacial score (nSPS) is 21.1. The highest BCUT2D eigenvalue weighted by Gasteiger charge is 2.32. The summed E-state index contributed by atoms with van der Waals surface area (Å²) in [6, 6.07) is 5.13. The molecule has 0 saturated carbocycles. The topological polar surface area (TPSA) is 38.5 Å². The van der Waals surface area contributed by atoms with Gasteiger partial charge in [-0.25, -0.2) is 4.39 Å². The highest BCUT2D eigenvalue weighted by atomic mass is 19.1. The fraction of sp³-hybridized carbons (Fsp3) is 0.667. The maximum atomic E-state index is 13.7. The minimum absolute atomic E-state index is 0.115. The Balaban J connectivity index is 2.30. The Morgan fingerprint density at radius 2 is 2.14 bits per heavy atom. The van der Waals surface area contributed by atoms with Crippen molar-refractivity contribution in [1.29, 1.82) is 0 Å². The van der Waals surface area contributed by atoms with E-state index in [4.69, 9.17) is 10.5 Å². The van der Waals surface area contributed by atoms with Crippen LogP contribution in [0.3, 0.4) is 0 Å². The highest BCUT2D eigenvalue weighted by molar-refractivity contribution is 5.38. The Bertz CT molecular complexity index is 478. The van der Waals surface area contributed by atoms with Crippen molar-refractivity contribution in [2.24, 2.45) is 11.7 Å². The summed E-state index contributed by atoms with van der Waals surface area (Å²) < 4.78 is 19.2. The fourth-order valence-corrected chi connectivity index (χ4v) is 3.65. The number of methoxy groups -OCH3 is 1. The van der Waals surface area contributed by atoms with Crippen molar-refractivity contribution in [3.8, 4) is 5.75 Å². The molecule has 22 heavy (non-hydrogen) atoms. The van der Waals surface area contributed by atoms with Gasteiger partial charge in [0.2, 0.25) is 0 Å². The number of piperidine rings is 1. The van der Waals surface area contributed by atoms with E-state index in [0.717, 1.165) is 30.8 Å². The van der Waals surface area contributed by atoms with Crippen molar-refractivity contribution < 1.29 is 9.13 Å². The molecule has 0 bridgehead atoms. The number of likely N-dealkylation sites (tertiary alicyclic amines) is 1. The van der Waals surface area contributed by atoms with Crippen molar-refractivity contribution in [3.05, 3.63) is 29.6 Å². The van der Waals surface area contributed by atoms with Gasteiger partial charge in [0.1, 0.15) is 11.6 Å². The molecule has 124 valence electrons. The number of ether oxygens (including phenoxy) is 1. The van der Waals surface area contributed by atoms with Crippen LogP contribution in [0.1, 0.15) is 44.6 Å². The standard InChI is InChI=1S/C18H29FN2O/c1-13(2)12-21-9-5-4-6-17(21)16(11-20)15-10-14(19)7-8-18(15)22-3/h7-8,10,13,16-17H,4-6,9,11-12,20H2,1-3H3. The van der Waals surface area contributed by atoms with Gasteiger partial charge in [0.05, 0.1) is 7.11 Å². The number of nitrogens with two attached hydrogens (primary N) is 1. The Morgan fingerprint density at radius 3 is 2.77 bits per heavy atom. The van der Waals surface area contributed by atoms with Gasteiger partial charge >= 0.3 is 0 Å². The summed E-state index contributed by atoms with van der Waals surface area (Å²) in [5.41, 5.74) is 7.01. The Labute approximate surface area is 133 Å². The second-order valence-electron chi connectivity index (χ2n) is 6.68. The average molecular weight is 308 g/mol. The van der Waals surface area contributed by atoms with Crippen LogP contribution < -0.4 is 10.5 Å². The number of rotatable bonds is 6. The summed E-state index contributed by atoms with van der Waals surface area (Å²) in [6.07, 6.45) is 3.57. The van der Waals surface area contributed by atoms with Crippen molar-refractivity contribution in [2.75, 3.05) is 26.7 Å². The molecule has 1 saturated heterocycles. The van der Waals surface area contributed by atoms with Gasteiger partial charge in [-0.2, -0.15) is 0 Å². The second kappa shape index (κ2) is 7.93. The molecular weight excluding hydrogens is 279 g/mol. The molecule has 3 nitrogen and oxygen atoms in total. The Morgan fingerprint density at radius 1 is 1.36 bits per heavy atom. The second-order valence-corrected chi connectivity index (χ2v) is 6.68. The average Bonchev–Trinajstić information content (AvgIpc) is 2.49. The van der Waals surface area contributed by atoms with E-state index in [9.17, 15) is 4.39 Å². The van der Waals surface area contributed by atoms with Gasteiger partial charge in [-0.05, 0) is 43.5 Å². The van der Waals surface area contributed by atoms with Gasteiger partial charge in [-0.15, -0.1) is 0 Å². The van der Waals surface area contributed by atoms with Crippen LogP contribution in [0.5, 0.6) is 5.75 Å². The summed E-state index contributed by atoms with van der Waals surface area (Å²) in [4.78, 5) is 2.54. The fourth-order valence-electron chi connectivity index (χ4n) is 3.65. The van der Waals surface area contributed by atoms with Crippen LogP contribution in [0.2, 0.25) is 0 Å². The largest absolute Gasteiger partial charge is 0.496 e. The summed E-state index contributed by atoms with van der Waals surface area (Å²) in [7, 11) is 1.64. The van der Waals surface area contributed by atoms with Crippen molar-refractivity contribution >= 4 is 0 Å². The summed E-state index contributed by atoms with van der Waals surface area (Å²) in [5, 5.41) is 0. The van der Waals surface area contributed by atoms with E-state index in [1.807, 2.05) is 0 Å². The maximum absolute atomic E-state index is 13.7. The lowest BCUT2D eigenvalue weighted by Crippen LogP contribution is -2.46. The first kappa shape index (κ1) is 17.2. The monoisotopic (exact) mass is 308 g/mol. The molecule has 0 aromatic heterocycles. The molecule has 4 heteroatoms. The lowest BCUT2D eigenvalue weighted by atomic mass is 9.84. The Kier molecular flexibility index (Phi) is 6.21. The predicted octanol–water partition coefficient (Wildman–Crippen LogP) is 3.39. The quantitative estimate of drug-likeness (QED) is 0.875. The lowest BCUT2D eigenvalue weighted by molar-refractivity contribution is 0.111. The first-order chi connectivity index (χ1) is 10.6. The van der Waals surface area contributed by atoms with E-state index in [2.05, 4.69) is 18.7 Å². The van der Waals surface area contributed by atoms with Gasteiger partial charge in [-0.1, -0.05) is 20.3 Å².